The van der Waals surface area contributed by atoms with Crippen LogP contribution in [0.5, 0.6) is 0 Å². The Bertz CT molecular complexity index is 920. The second kappa shape index (κ2) is 8.65. The van der Waals surface area contributed by atoms with Crippen molar-refractivity contribution in [3.8, 4) is 0 Å². The third-order valence-electron chi connectivity index (χ3n) is 5.40. The van der Waals surface area contributed by atoms with Crippen LogP contribution in [0, 0.1) is 6.92 Å². The Balaban J connectivity index is 1.39. The molecule has 0 aromatic carbocycles. The summed E-state index contributed by atoms with van der Waals surface area (Å²) < 4.78 is 2.20. The number of amides is 1. The second-order valence-corrected chi connectivity index (χ2v) is 8.25. The van der Waals surface area contributed by atoms with Gasteiger partial charge in [-0.05, 0) is 43.9 Å². The van der Waals surface area contributed by atoms with Crippen molar-refractivity contribution in [1.82, 2.24) is 24.4 Å². The SMILES string of the molecule is Cc1ncsc1CCC(=O)N1CCCC(c2nccn2Cc2ccncc2)C1. The third-order valence-corrected chi connectivity index (χ3v) is 6.39. The minimum absolute atomic E-state index is 0.240. The largest absolute Gasteiger partial charge is 0.342 e. The number of imidazole rings is 1. The lowest BCUT2D eigenvalue weighted by atomic mass is 9.96. The number of aryl methyl sites for hydroxylation is 2. The molecule has 1 fully saturated rings. The van der Waals surface area contributed by atoms with Crippen LogP contribution < -0.4 is 0 Å². The Morgan fingerprint density at radius 2 is 2.11 bits per heavy atom. The summed E-state index contributed by atoms with van der Waals surface area (Å²) >= 11 is 1.64. The quantitative estimate of drug-likeness (QED) is 0.641. The molecule has 0 saturated carbocycles. The van der Waals surface area contributed by atoms with Gasteiger partial charge in [0.05, 0.1) is 11.2 Å². The van der Waals surface area contributed by atoms with Crippen molar-refractivity contribution in [2.45, 2.75) is 45.1 Å². The van der Waals surface area contributed by atoms with Crippen LogP contribution in [0.25, 0.3) is 0 Å². The number of carbonyl (C=O) groups excluding carboxylic acids is 1. The number of piperidine rings is 1. The van der Waals surface area contributed by atoms with Crippen LogP contribution in [0.15, 0.2) is 42.4 Å². The van der Waals surface area contributed by atoms with E-state index >= 15 is 0 Å². The Hall–Kier alpha value is -2.54. The van der Waals surface area contributed by atoms with Crippen LogP contribution in [-0.2, 0) is 17.8 Å². The molecule has 0 aliphatic carbocycles. The first-order chi connectivity index (χ1) is 13.7. The number of likely N-dealkylation sites (tertiary alicyclic amines) is 1. The van der Waals surface area contributed by atoms with Gasteiger partial charge in [-0.1, -0.05) is 0 Å². The van der Waals surface area contributed by atoms with Crippen molar-refractivity contribution < 1.29 is 4.79 Å². The minimum Gasteiger partial charge on any atom is -0.342 e. The van der Waals surface area contributed by atoms with E-state index in [0.717, 1.165) is 50.4 Å². The average molecular weight is 396 g/mol. The summed E-state index contributed by atoms with van der Waals surface area (Å²) in [6, 6.07) is 4.06. The minimum atomic E-state index is 0.240. The van der Waals surface area contributed by atoms with Crippen LogP contribution in [0.2, 0.25) is 0 Å². The molecule has 7 heteroatoms. The Kier molecular flexibility index (Phi) is 5.81. The number of hydrogen-bond donors (Lipinski definition) is 0. The van der Waals surface area contributed by atoms with E-state index in [-0.39, 0.29) is 5.91 Å². The van der Waals surface area contributed by atoms with Crippen molar-refractivity contribution in [3.63, 3.8) is 0 Å². The molecule has 6 nitrogen and oxygen atoms in total. The molecule has 3 aromatic rings. The first kappa shape index (κ1) is 18.8. The van der Waals surface area contributed by atoms with Crippen molar-refractivity contribution in [2.75, 3.05) is 13.1 Å². The zero-order valence-electron chi connectivity index (χ0n) is 16.1. The van der Waals surface area contributed by atoms with E-state index in [1.165, 1.54) is 10.4 Å². The zero-order chi connectivity index (χ0) is 19.3. The fraction of sp³-hybridized carbons (Fsp3) is 0.429. The van der Waals surface area contributed by atoms with E-state index < -0.39 is 0 Å². The van der Waals surface area contributed by atoms with Gasteiger partial charge in [0.2, 0.25) is 5.91 Å². The van der Waals surface area contributed by atoms with E-state index in [0.29, 0.717) is 12.3 Å². The maximum absolute atomic E-state index is 12.8. The normalized spacial score (nSPS) is 17.0. The molecule has 146 valence electrons. The van der Waals surface area contributed by atoms with E-state index in [4.69, 9.17) is 0 Å². The molecule has 0 spiro atoms. The van der Waals surface area contributed by atoms with Gasteiger partial charge in [0.25, 0.3) is 0 Å². The Morgan fingerprint density at radius 1 is 1.25 bits per heavy atom. The molecule has 3 aromatic heterocycles. The highest BCUT2D eigenvalue weighted by molar-refractivity contribution is 7.09. The summed E-state index contributed by atoms with van der Waals surface area (Å²) in [6.07, 6.45) is 11.0. The van der Waals surface area contributed by atoms with Crippen LogP contribution in [-0.4, -0.2) is 43.4 Å². The second-order valence-electron chi connectivity index (χ2n) is 7.31. The number of nitrogens with zero attached hydrogens (tertiary/aromatic N) is 5. The number of hydrogen-bond acceptors (Lipinski definition) is 5. The molecule has 4 rings (SSSR count). The highest BCUT2D eigenvalue weighted by Gasteiger charge is 2.27. The van der Waals surface area contributed by atoms with E-state index in [2.05, 4.69) is 19.5 Å². The Morgan fingerprint density at radius 3 is 2.89 bits per heavy atom. The summed E-state index contributed by atoms with van der Waals surface area (Å²) in [5.41, 5.74) is 4.11. The maximum atomic E-state index is 12.8. The molecular formula is C21H25N5OS. The van der Waals surface area contributed by atoms with Gasteiger partial charge < -0.3 is 9.47 Å². The van der Waals surface area contributed by atoms with Crippen LogP contribution >= 0.6 is 11.3 Å². The predicted molar refractivity (Wildman–Crippen MR) is 109 cm³/mol. The van der Waals surface area contributed by atoms with E-state index in [1.54, 1.807) is 11.3 Å². The molecular weight excluding hydrogens is 370 g/mol. The van der Waals surface area contributed by atoms with Gasteiger partial charge in [-0.2, -0.15) is 0 Å². The van der Waals surface area contributed by atoms with Crippen LogP contribution in [0.4, 0.5) is 0 Å². The number of thiazole rings is 1. The number of carbonyl (C=O) groups is 1. The summed E-state index contributed by atoms with van der Waals surface area (Å²) in [7, 11) is 0. The molecule has 28 heavy (non-hydrogen) atoms. The fourth-order valence-electron chi connectivity index (χ4n) is 3.86. The van der Waals surface area contributed by atoms with E-state index in [9.17, 15) is 4.79 Å². The first-order valence-corrected chi connectivity index (χ1v) is 10.7. The predicted octanol–water partition coefficient (Wildman–Crippen LogP) is 3.43. The third kappa shape index (κ3) is 4.30. The van der Waals surface area contributed by atoms with Crippen LogP contribution in [0.3, 0.4) is 0 Å². The van der Waals surface area contributed by atoms with Gasteiger partial charge in [0.1, 0.15) is 5.82 Å². The topological polar surface area (TPSA) is 63.9 Å². The van der Waals surface area contributed by atoms with Gasteiger partial charge >= 0.3 is 0 Å². The maximum Gasteiger partial charge on any atom is 0.222 e. The molecule has 0 N–H and O–H groups in total. The van der Waals surface area contributed by atoms with Gasteiger partial charge in [-0.15, -0.1) is 11.3 Å². The molecule has 1 aliphatic heterocycles. The average Bonchev–Trinajstić information content (AvgIpc) is 3.36. The molecule has 1 unspecified atom stereocenters. The van der Waals surface area contributed by atoms with Gasteiger partial charge in [-0.3, -0.25) is 9.78 Å². The van der Waals surface area contributed by atoms with Gasteiger partial charge in [0, 0.05) is 61.6 Å². The van der Waals surface area contributed by atoms with Gasteiger partial charge in [-0.25, -0.2) is 9.97 Å². The fourth-order valence-corrected chi connectivity index (χ4v) is 4.64. The summed E-state index contributed by atoms with van der Waals surface area (Å²) in [5, 5.41) is 0. The zero-order valence-corrected chi connectivity index (χ0v) is 16.9. The molecule has 4 heterocycles. The molecule has 1 atom stereocenters. The highest BCUT2D eigenvalue weighted by Crippen LogP contribution is 2.27. The molecule has 1 saturated heterocycles. The lowest BCUT2D eigenvalue weighted by Gasteiger charge is -2.33. The lowest BCUT2D eigenvalue weighted by Crippen LogP contribution is -2.39. The van der Waals surface area contributed by atoms with Crippen molar-refractivity contribution in [3.05, 3.63) is 64.4 Å². The molecule has 1 amide bonds. The summed E-state index contributed by atoms with van der Waals surface area (Å²) in [4.78, 5) is 29.0. The van der Waals surface area contributed by atoms with Crippen molar-refractivity contribution >= 4 is 17.2 Å². The number of rotatable bonds is 6. The van der Waals surface area contributed by atoms with Gasteiger partial charge in [0.15, 0.2) is 0 Å². The number of aromatic nitrogens is 4. The lowest BCUT2D eigenvalue weighted by molar-refractivity contribution is -0.132. The standard InChI is InChI=1S/C21H25N5OS/c1-16-19(28-15-24-16)4-5-20(27)25-11-2-3-18(14-25)21-23-10-12-26(21)13-17-6-8-22-9-7-17/h6-10,12,15,18H,2-5,11,13-14H2,1H3. The summed E-state index contributed by atoms with van der Waals surface area (Å²) in [5.74, 6) is 1.61. The highest BCUT2D eigenvalue weighted by atomic mass is 32.1. The monoisotopic (exact) mass is 395 g/mol. The van der Waals surface area contributed by atoms with Crippen LogP contribution in [0.1, 0.15) is 47.1 Å². The number of pyridine rings is 1. The molecule has 0 radical (unpaired) electrons. The van der Waals surface area contributed by atoms with E-state index in [1.807, 2.05) is 54.3 Å². The summed E-state index contributed by atoms with van der Waals surface area (Å²) in [6.45, 7) is 4.40. The van der Waals surface area contributed by atoms with Crippen molar-refractivity contribution in [2.24, 2.45) is 0 Å². The Labute approximate surface area is 169 Å². The van der Waals surface area contributed by atoms with Crippen molar-refractivity contribution in [1.29, 1.82) is 0 Å². The molecule has 0 bridgehead atoms. The molecule has 1 aliphatic rings. The first-order valence-electron chi connectivity index (χ1n) is 9.77. The smallest absolute Gasteiger partial charge is 0.222 e.